The van der Waals surface area contributed by atoms with E-state index in [0.29, 0.717) is 11.4 Å². The van der Waals surface area contributed by atoms with Crippen LogP contribution in [0.4, 0.5) is 10.1 Å². The van der Waals surface area contributed by atoms with Crippen molar-refractivity contribution in [2.45, 2.75) is 25.9 Å². The molecule has 2 amide bonds. The zero-order chi connectivity index (χ0) is 25.7. The van der Waals surface area contributed by atoms with E-state index < -0.39 is 6.04 Å². The number of nitrogens with zero attached hydrogens (tertiary/aromatic N) is 2. The minimum Gasteiger partial charge on any atom is -0.497 e. The number of hydrogen-bond acceptors (Lipinski definition) is 3. The predicted octanol–water partition coefficient (Wildman–Crippen LogP) is 5.61. The zero-order valence-corrected chi connectivity index (χ0v) is 20.6. The fraction of sp³-hybridized carbons (Fsp3) is 0.200. The van der Waals surface area contributed by atoms with Gasteiger partial charge in [0.15, 0.2) is 0 Å². The van der Waals surface area contributed by atoms with Crippen LogP contribution in [0.1, 0.15) is 18.1 Å². The number of rotatable bonds is 8. The van der Waals surface area contributed by atoms with Crippen molar-refractivity contribution >= 4 is 28.3 Å². The minimum atomic E-state index is -0.741. The maximum absolute atomic E-state index is 13.6. The lowest BCUT2D eigenvalue weighted by atomic mass is 10.0. The highest BCUT2D eigenvalue weighted by molar-refractivity contribution is 5.98. The topological polar surface area (TPSA) is 49.9 Å². The van der Waals surface area contributed by atoms with Crippen LogP contribution >= 0.6 is 0 Å². The summed E-state index contributed by atoms with van der Waals surface area (Å²) in [6.45, 7) is 1.92. The number of amides is 2. The van der Waals surface area contributed by atoms with E-state index in [4.69, 9.17) is 4.74 Å². The molecule has 184 valence electrons. The van der Waals surface area contributed by atoms with E-state index in [1.165, 1.54) is 17.0 Å². The molecule has 5 nitrogen and oxygen atoms in total. The van der Waals surface area contributed by atoms with Gasteiger partial charge in [0.1, 0.15) is 17.6 Å². The predicted molar refractivity (Wildman–Crippen MR) is 140 cm³/mol. The molecule has 0 saturated heterocycles. The second kappa shape index (κ2) is 11.0. The van der Waals surface area contributed by atoms with E-state index in [2.05, 4.69) is 0 Å². The third-order valence-electron chi connectivity index (χ3n) is 6.37. The quantitative estimate of drug-likeness (QED) is 0.327. The van der Waals surface area contributed by atoms with Crippen molar-refractivity contribution in [3.05, 3.63) is 108 Å². The van der Waals surface area contributed by atoms with Crippen LogP contribution in [0.15, 0.2) is 91.0 Å². The third-order valence-corrected chi connectivity index (χ3v) is 6.37. The number of hydrogen-bond donors (Lipinski definition) is 0. The van der Waals surface area contributed by atoms with Gasteiger partial charge >= 0.3 is 0 Å². The van der Waals surface area contributed by atoms with Gasteiger partial charge < -0.3 is 14.5 Å². The van der Waals surface area contributed by atoms with E-state index >= 15 is 0 Å². The maximum Gasteiger partial charge on any atom is 0.249 e. The number of ether oxygens (including phenoxy) is 1. The lowest BCUT2D eigenvalue weighted by molar-refractivity contribution is -0.139. The summed E-state index contributed by atoms with van der Waals surface area (Å²) in [5.74, 6) is -0.0694. The van der Waals surface area contributed by atoms with Gasteiger partial charge in [0.25, 0.3) is 0 Å². The number of fused-ring (bicyclic) bond motifs is 1. The highest BCUT2D eigenvalue weighted by Gasteiger charge is 2.29. The molecule has 0 aliphatic rings. The number of halogens is 1. The van der Waals surface area contributed by atoms with Gasteiger partial charge in [0.05, 0.1) is 13.5 Å². The smallest absolute Gasteiger partial charge is 0.249 e. The van der Waals surface area contributed by atoms with Crippen molar-refractivity contribution in [1.82, 2.24) is 4.90 Å². The van der Waals surface area contributed by atoms with E-state index in [-0.39, 0.29) is 30.6 Å². The van der Waals surface area contributed by atoms with Crippen molar-refractivity contribution in [3.8, 4) is 5.75 Å². The summed E-state index contributed by atoms with van der Waals surface area (Å²) in [4.78, 5) is 30.1. The van der Waals surface area contributed by atoms with Crippen LogP contribution < -0.4 is 9.64 Å². The van der Waals surface area contributed by atoms with Crippen molar-refractivity contribution in [3.63, 3.8) is 0 Å². The molecule has 0 saturated carbocycles. The first-order valence-electron chi connectivity index (χ1n) is 11.8. The molecule has 4 rings (SSSR count). The average Bonchev–Trinajstić information content (AvgIpc) is 2.91. The van der Waals surface area contributed by atoms with E-state index in [0.717, 1.165) is 21.9 Å². The van der Waals surface area contributed by atoms with E-state index in [1.807, 2.05) is 42.5 Å². The van der Waals surface area contributed by atoms with Crippen LogP contribution in [0.25, 0.3) is 10.8 Å². The lowest BCUT2D eigenvalue weighted by Crippen LogP contribution is -2.48. The molecule has 0 aliphatic heterocycles. The summed E-state index contributed by atoms with van der Waals surface area (Å²) in [6, 6.07) is 26.3. The SMILES string of the molecule is COc1ccc(N(C)C(=O)C(C)N(Cc2ccc(F)cc2)C(=O)Cc2ccc3ccccc3c2)cc1. The second-order valence-corrected chi connectivity index (χ2v) is 8.78. The molecule has 0 fully saturated rings. The van der Waals surface area contributed by atoms with Crippen LogP contribution in [0.5, 0.6) is 5.75 Å². The van der Waals surface area contributed by atoms with Crippen molar-refractivity contribution < 1.29 is 18.7 Å². The number of anilines is 1. The molecule has 0 aromatic heterocycles. The largest absolute Gasteiger partial charge is 0.497 e. The van der Waals surface area contributed by atoms with Gasteiger partial charge in [-0.25, -0.2) is 4.39 Å². The molecule has 36 heavy (non-hydrogen) atoms. The number of likely N-dealkylation sites (N-methyl/N-ethyl adjacent to an activating group) is 1. The summed E-state index contributed by atoms with van der Waals surface area (Å²) < 4.78 is 18.7. The van der Waals surface area contributed by atoms with Gasteiger partial charge in [-0.05, 0) is 65.2 Å². The standard InChI is InChI=1S/C30H29FN2O3/c1-21(30(35)32(2)27-14-16-28(36-3)17-15-27)33(20-22-9-12-26(31)13-10-22)29(34)19-23-8-11-24-6-4-5-7-25(24)18-23/h4-18,21H,19-20H2,1-3H3. The highest BCUT2D eigenvalue weighted by atomic mass is 19.1. The number of benzene rings is 4. The normalized spacial score (nSPS) is 11.7. The molecule has 0 bridgehead atoms. The Morgan fingerprint density at radius 2 is 1.50 bits per heavy atom. The molecule has 0 spiro atoms. The highest BCUT2D eigenvalue weighted by Crippen LogP contribution is 2.22. The van der Waals surface area contributed by atoms with E-state index in [9.17, 15) is 14.0 Å². The Bertz CT molecular complexity index is 1350. The first-order valence-corrected chi connectivity index (χ1v) is 11.8. The molecule has 0 heterocycles. The fourth-order valence-corrected chi connectivity index (χ4v) is 4.20. The van der Waals surface area contributed by atoms with Crippen molar-refractivity contribution in [2.75, 3.05) is 19.1 Å². The van der Waals surface area contributed by atoms with Gasteiger partial charge in [-0.1, -0.05) is 54.6 Å². The van der Waals surface area contributed by atoms with Gasteiger partial charge in [-0.3, -0.25) is 9.59 Å². The van der Waals surface area contributed by atoms with Gasteiger partial charge in [0.2, 0.25) is 11.8 Å². The Hall–Kier alpha value is -4.19. The van der Waals surface area contributed by atoms with Gasteiger partial charge in [-0.2, -0.15) is 0 Å². The summed E-state index contributed by atoms with van der Waals surface area (Å²) in [7, 11) is 3.27. The molecular weight excluding hydrogens is 455 g/mol. The van der Waals surface area contributed by atoms with Crippen molar-refractivity contribution in [1.29, 1.82) is 0 Å². The fourth-order valence-electron chi connectivity index (χ4n) is 4.20. The Kier molecular flexibility index (Phi) is 7.64. The average molecular weight is 485 g/mol. The number of carbonyl (C=O) groups is 2. The van der Waals surface area contributed by atoms with Crippen LogP contribution in [0.2, 0.25) is 0 Å². The first kappa shape index (κ1) is 24.9. The first-order chi connectivity index (χ1) is 17.4. The van der Waals surface area contributed by atoms with Crippen LogP contribution in [0.3, 0.4) is 0 Å². The third kappa shape index (κ3) is 5.71. The van der Waals surface area contributed by atoms with Gasteiger partial charge in [-0.15, -0.1) is 0 Å². The molecule has 4 aromatic carbocycles. The summed E-state index contributed by atoms with van der Waals surface area (Å²) >= 11 is 0. The lowest BCUT2D eigenvalue weighted by Gasteiger charge is -2.32. The Balaban J connectivity index is 1.58. The Morgan fingerprint density at radius 1 is 0.861 bits per heavy atom. The Morgan fingerprint density at radius 3 is 2.17 bits per heavy atom. The maximum atomic E-state index is 13.6. The molecule has 0 radical (unpaired) electrons. The summed E-state index contributed by atoms with van der Waals surface area (Å²) in [6.07, 6.45) is 0.149. The second-order valence-electron chi connectivity index (χ2n) is 8.78. The minimum absolute atomic E-state index is 0.149. The Labute approximate surface area is 210 Å². The van der Waals surface area contributed by atoms with Crippen LogP contribution in [-0.2, 0) is 22.6 Å². The molecule has 0 N–H and O–H groups in total. The molecule has 4 aromatic rings. The van der Waals surface area contributed by atoms with Gasteiger partial charge in [0, 0.05) is 19.3 Å². The molecule has 0 aliphatic carbocycles. The molecular formula is C30H29FN2O3. The number of carbonyl (C=O) groups excluding carboxylic acids is 2. The molecule has 1 atom stereocenters. The van der Waals surface area contributed by atoms with Crippen molar-refractivity contribution in [2.24, 2.45) is 0 Å². The zero-order valence-electron chi connectivity index (χ0n) is 20.6. The summed E-state index contributed by atoms with van der Waals surface area (Å²) in [5.41, 5.74) is 2.30. The van der Waals surface area contributed by atoms with E-state index in [1.54, 1.807) is 62.4 Å². The van der Waals surface area contributed by atoms with Crippen LogP contribution in [0, 0.1) is 5.82 Å². The van der Waals surface area contributed by atoms with Crippen LogP contribution in [-0.4, -0.2) is 36.9 Å². The summed E-state index contributed by atoms with van der Waals surface area (Å²) in [5, 5.41) is 2.15. The number of methoxy groups -OCH3 is 1. The monoisotopic (exact) mass is 484 g/mol. The molecule has 6 heteroatoms. The molecule has 1 unspecified atom stereocenters.